The number of anilines is 2. The molecule has 0 heterocycles. The molecule has 0 aliphatic heterocycles. The number of aromatic carboxylic acids is 1. The van der Waals surface area contributed by atoms with Crippen LogP contribution in [0.1, 0.15) is 43.0 Å². The van der Waals surface area contributed by atoms with E-state index in [2.05, 4.69) is 4.74 Å². The molecular weight excluding hydrogens is 359 g/mol. The van der Waals surface area contributed by atoms with E-state index in [9.17, 15) is 9.59 Å². The number of esters is 1. The van der Waals surface area contributed by atoms with Crippen molar-refractivity contribution in [1.29, 1.82) is 0 Å². The Balaban J connectivity index is 0. The topological polar surface area (TPSA) is 146 Å². The van der Waals surface area contributed by atoms with Gasteiger partial charge in [-0.1, -0.05) is 12.1 Å². The van der Waals surface area contributed by atoms with Gasteiger partial charge in [0.15, 0.2) is 0 Å². The van der Waals surface area contributed by atoms with Gasteiger partial charge in [0.2, 0.25) is 0 Å². The number of ether oxygens (including phenoxy) is 1. The van der Waals surface area contributed by atoms with Crippen molar-refractivity contribution >= 4 is 23.3 Å². The summed E-state index contributed by atoms with van der Waals surface area (Å²) in [5.74, 6) is -1.27. The van der Waals surface area contributed by atoms with Gasteiger partial charge < -0.3 is 26.8 Å². The van der Waals surface area contributed by atoms with Gasteiger partial charge in [0, 0.05) is 11.4 Å². The third-order valence-electron chi connectivity index (χ3n) is 3.86. The predicted molar refractivity (Wildman–Crippen MR) is 101 cm³/mol. The predicted octanol–water partition coefficient (Wildman–Crippen LogP) is 0.0833. The van der Waals surface area contributed by atoms with Crippen molar-refractivity contribution in [1.82, 2.24) is 0 Å². The fourth-order valence-electron chi connectivity index (χ4n) is 2.30. The molecule has 7 nitrogen and oxygen atoms in total. The van der Waals surface area contributed by atoms with Crippen molar-refractivity contribution in [3.8, 4) is 0 Å². The molecule has 0 spiro atoms. The summed E-state index contributed by atoms with van der Waals surface area (Å²) in [6.45, 7) is 7.38. The minimum Gasteiger partial charge on any atom is -0.870 e. The van der Waals surface area contributed by atoms with Gasteiger partial charge >= 0.3 is 41.5 Å². The van der Waals surface area contributed by atoms with Crippen LogP contribution in [-0.4, -0.2) is 29.6 Å². The molecule has 0 aromatic heterocycles. The van der Waals surface area contributed by atoms with E-state index in [1.165, 1.54) is 13.2 Å². The van der Waals surface area contributed by atoms with Gasteiger partial charge in [0.1, 0.15) is 0 Å². The molecule has 2 rings (SSSR count). The van der Waals surface area contributed by atoms with E-state index in [1.54, 1.807) is 19.1 Å². The smallest absolute Gasteiger partial charge is 0.870 e. The second-order valence-electron chi connectivity index (χ2n) is 5.84. The van der Waals surface area contributed by atoms with Crippen LogP contribution >= 0.6 is 0 Å². The molecule has 0 aliphatic carbocycles. The number of aryl methyl sites for hydroxylation is 4. The van der Waals surface area contributed by atoms with Crippen LogP contribution in [0.2, 0.25) is 0 Å². The van der Waals surface area contributed by atoms with Crippen LogP contribution in [0.5, 0.6) is 0 Å². The van der Waals surface area contributed by atoms with Crippen molar-refractivity contribution in [3.05, 3.63) is 57.6 Å². The van der Waals surface area contributed by atoms with E-state index in [4.69, 9.17) is 16.6 Å². The van der Waals surface area contributed by atoms with Crippen molar-refractivity contribution in [3.63, 3.8) is 0 Å². The Hall–Kier alpha value is -2.06. The van der Waals surface area contributed by atoms with Gasteiger partial charge in [-0.3, -0.25) is 0 Å². The number of hydrogen-bond donors (Lipinski definition) is 3. The fraction of sp³-hybridized carbons (Fsp3) is 0.263. The standard InChI is InChI=1S/C10H13NO2.C9H11NO2.Na.H2O/c1-6-4-7(2)9(11)5-8(6)10(12)13-3;1-5-3-6(2)8(10)4-7(5)9(11)12;;/h4-5H,11H2,1-3H3;3-4H,10H2,1-2H3,(H,11,12);;1H2/q;;+1;/p-1. The number of hydrogen-bond acceptors (Lipinski definition) is 6. The molecule has 0 fully saturated rings. The molecule has 0 saturated heterocycles. The first-order chi connectivity index (χ1) is 11.6. The van der Waals surface area contributed by atoms with E-state index >= 15 is 0 Å². The second-order valence-corrected chi connectivity index (χ2v) is 5.84. The first-order valence-electron chi connectivity index (χ1n) is 7.63. The Kier molecular flexibility index (Phi) is 11.7. The van der Waals surface area contributed by atoms with Crippen LogP contribution in [0.25, 0.3) is 0 Å². The Labute approximate surface area is 181 Å². The Morgan fingerprint density at radius 3 is 1.56 bits per heavy atom. The van der Waals surface area contributed by atoms with Gasteiger partial charge in [-0.2, -0.15) is 0 Å². The van der Waals surface area contributed by atoms with Crippen LogP contribution in [-0.2, 0) is 4.74 Å². The summed E-state index contributed by atoms with van der Waals surface area (Å²) < 4.78 is 4.62. The Morgan fingerprint density at radius 2 is 1.19 bits per heavy atom. The maximum absolute atomic E-state index is 11.2. The van der Waals surface area contributed by atoms with Crippen molar-refractivity contribution in [2.45, 2.75) is 27.7 Å². The summed E-state index contributed by atoms with van der Waals surface area (Å²) in [4.78, 5) is 21.8. The molecule has 27 heavy (non-hydrogen) atoms. The summed E-state index contributed by atoms with van der Waals surface area (Å²) in [7, 11) is 1.36. The molecule has 2 aromatic carbocycles. The summed E-state index contributed by atoms with van der Waals surface area (Å²) in [5, 5.41) is 8.73. The molecule has 0 atom stereocenters. The van der Waals surface area contributed by atoms with Crippen LogP contribution in [0, 0.1) is 27.7 Å². The maximum atomic E-state index is 11.2. The van der Waals surface area contributed by atoms with E-state index < -0.39 is 5.97 Å². The van der Waals surface area contributed by atoms with Crippen LogP contribution in [0.3, 0.4) is 0 Å². The summed E-state index contributed by atoms with van der Waals surface area (Å²) in [6.07, 6.45) is 0. The van der Waals surface area contributed by atoms with E-state index in [-0.39, 0.29) is 46.6 Å². The molecule has 2 aromatic rings. The number of nitrogen functional groups attached to an aromatic ring is 2. The zero-order chi connectivity index (χ0) is 19.3. The first kappa shape index (κ1) is 27.2. The average Bonchev–Trinajstić information content (AvgIpc) is 2.54. The Morgan fingerprint density at radius 1 is 0.815 bits per heavy atom. The summed E-state index contributed by atoms with van der Waals surface area (Å²) in [5.41, 5.74) is 16.7. The third-order valence-corrected chi connectivity index (χ3v) is 3.86. The quantitative estimate of drug-likeness (QED) is 0.378. The number of carboxylic acid groups (broad SMARTS) is 1. The van der Waals surface area contributed by atoms with Crippen molar-refractivity contribution in [2.24, 2.45) is 0 Å². The zero-order valence-electron chi connectivity index (χ0n) is 16.6. The normalized spacial score (nSPS) is 9.07. The second kappa shape index (κ2) is 11.6. The third kappa shape index (κ3) is 7.22. The van der Waals surface area contributed by atoms with E-state index in [1.807, 2.05) is 26.8 Å². The molecule has 8 heteroatoms. The van der Waals surface area contributed by atoms with E-state index in [0.29, 0.717) is 16.9 Å². The number of carbonyl (C=O) groups excluding carboxylic acids is 1. The van der Waals surface area contributed by atoms with E-state index in [0.717, 1.165) is 22.3 Å². The minimum atomic E-state index is -0.931. The Bertz CT molecular complexity index is 822. The summed E-state index contributed by atoms with van der Waals surface area (Å²) in [6, 6.07) is 6.80. The molecule has 0 unspecified atom stereocenters. The molecule has 0 amide bonds. The van der Waals surface area contributed by atoms with Gasteiger partial charge in [0.05, 0.1) is 18.2 Å². The molecule has 0 bridgehead atoms. The molecule has 142 valence electrons. The number of methoxy groups -OCH3 is 1. The van der Waals surface area contributed by atoms with Crippen molar-refractivity contribution < 1.29 is 54.5 Å². The largest absolute Gasteiger partial charge is 1.00 e. The average molecular weight is 384 g/mol. The zero-order valence-corrected chi connectivity index (χ0v) is 18.6. The minimum absolute atomic E-state index is 0. The SMILES string of the molecule is COC(=O)c1cc(N)c(C)cc1C.Cc1cc(C)c(C(=O)O)cc1N.[Na+].[OH-]. The van der Waals surface area contributed by atoms with Gasteiger partial charge in [-0.15, -0.1) is 0 Å². The van der Waals surface area contributed by atoms with Gasteiger partial charge in [0.25, 0.3) is 0 Å². The number of carboxylic acids is 1. The molecule has 0 radical (unpaired) electrons. The number of nitrogens with two attached hydrogens (primary N) is 2. The van der Waals surface area contributed by atoms with Crippen molar-refractivity contribution in [2.75, 3.05) is 18.6 Å². The molecule has 0 aliphatic rings. The molecule has 6 N–H and O–H groups in total. The molecule has 0 saturated carbocycles. The van der Waals surface area contributed by atoms with Crippen LogP contribution in [0.4, 0.5) is 11.4 Å². The fourth-order valence-corrected chi connectivity index (χ4v) is 2.30. The molecular formula is C19H25N2NaO5. The first-order valence-corrected chi connectivity index (χ1v) is 7.63. The van der Waals surface area contributed by atoms with Crippen LogP contribution < -0.4 is 41.0 Å². The van der Waals surface area contributed by atoms with Crippen LogP contribution in [0.15, 0.2) is 24.3 Å². The van der Waals surface area contributed by atoms with Gasteiger partial charge in [-0.25, -0.2) is 9.59 Å². The number of benzene rings is 2. The summed E-state index contributed by atoms with van der Waals surface area (Å²) >= 11 is 0. The maximum Gasteiger partial charge on any atom is 1.00 e. The van der Waals surface area contributed by atoms with Gasteiger partial charge in [-0.05, 0) is 62.1 Å². The monoisotopic (exact) mass is 384 g/mol. The number of rotatable bonds is 2. The number of carbonyl (C=O) groups is 2.